The second kappa shape index (κ2) is 8.73. The molecule has 1 N–H and O–H groups in total. The predicted molar refractivity (Wildman–Crippen MR) is 85.4 cm³/mol. The first kappa shape index (κ1) is 18.3. The van der Waals surface area contributed by atoms with Gasteiger partial charge in [0.25, 0.3) is 0 Å². The number of hydrogen-bond donors (Lipinski definition) is 1. The Morgan fingerprint density at radius 3 is 2.62 bits per heavy atom. The van der Waals surface area contributed by atoms with E-state index in [-0.39, 0.29) is 23.6 Å². The molecule has 0 spiro atoms. The second-order valence-electron chi connectivity index (χ2n) is 5.87. The molecule has 1 saturated heterocycles. The van der Waals surface area contributed by atoms with Crippen molar-refractivity contribution in [2.24, 2.45) is 0 Å². The van der Waals surface area contributed by atoms with Gasteiger partial charge in [-0.15, -0.1) is 0 Å². The number of nitrogens with one attached hydrogen (secondary N) is 1. The fourth-order valence-electron chi connectivity index (χ4n) is 2.94. The Bertz CT molecular complexity index is 575. The molecule has 0 aliphatic carbocycles. The van der Waals surface area contributed by atoms with E-state index in [0.29, 0.717) is 25.8 Å². The van der Waals surface area contributed by atoms with Crippen LogP contribution in [0, 0.1) is 11.6 Å². The van der Waals surface area contributed by atoms with Crippen LogP contribution >= 0.6 is 0 Å². The molecule has 1 fully saturated rings. The number of piperidine rings is 1. The summed E-state index contributed by atoms with van der Waals surface area (Å²) in [6, 6.07) is 2.58. The summed E-state index contributed by atoms with van der Waals surface area (Å²) < 4.78 is 31.1. The monoisotopic (exact) mass is 340 g/mol. The normalized spacial score (nSPS) is 18.2. The number of carbonyl (C=O) groups excluding carboxylic acids is 2. The zero-order valence-corrected chi connectivity index (χ0v) is 13.7. The number of hydrogen-bond acceptors (Lipinski definition) is 4. The van der Waals surface area contributed by atoms with E-state index in [1.54, 1.807) is 0 Å². The van der Waals surface area contributed by atoms with E-state index < -0.39 is 11.6 Å². The lowest BCUT2D eigenvalue weighted by Crippen LogP contribution is -2.47. The number of halogens is 2. The number of nitrogens with zero attached hydrogens (tertiary/aromatic N) is 1. The summed E-state index contributed by atoms with van der Waals surface area (Å²) in [7, 11) is 1.34. The fraction of sp³-hybridized carbons (Fsp3) is 0.529. The van der Waals surface area contributed by atoms with E-state index in [1.165, 1.54) is 7.11 Å². The first-order valence-corrected chi connectivity index (χ1v) is 8.07. The number of rotatable bonds is 6. The summed E-state index contributed by atoms with van der Waals surface area (Å²) in [6.45, 7) is 1.36. The largest absolute Gasteiger partial charge is 0.469 e. The lowest BCUT2D eigenvalue weighted by atomic mass is 10.0. The van der Waals surface area contributed by atoms with Gasteiger partial charge in [0.2, 0.25) is 5.91 Å². The van der Waals surface area contributed by atoms with Gasteiger partial charge in [-0.3, -0.25) is 14.5 Å². The van der Waals surface area contributed by atoms with E-state index in [0.717, 1.165) is 37.6 Å². The highest BCUT2D eigenvalue weighted by atomic mass is 19.1. The molecule has 1 aliphatic heterocycles. The minimum atomic E-state index is -0.733. The first-order valence-electron chi connectivity index (χ1n) is 8.07. The van der Waals surface area contributed by atoms with Crippen LogP contribution in [0.2, 0.25) is 0 Å². The van der Waals surface area contributed by atoms with Crippen molar-refractivity contribution < 1.29 is 23.1 Å². The van der Waals surface area contributed by atoms with E-state index in [1.807, 2.05) is 4.90 Å². The molecule has 7 heteroatoms. The maximum Gasteiger partial charge on any atom is 0.305 e. The van der Waals surface area contributed by atoms with E-state index in [4.69, 9.17) is 0 Å². The van der Waals surface area contributed by atoms with Gasteiger partial charge in [-0.2, -0.15) is 0 Å². The number of amides is 1. The second-order valence-corrected chi connectivity index (χ2v) is 5.87. The summed E-state index contributed by atoms with van der Waals surface area (Å²) >= 11 is 0. The van der Waals surface area contributed by atoms with Crippen LogP contribution < -0.4 is 5.32 Å². The number of benzene rings is 1. The summed E-state index contributed by atoms with van der Waals surface area (Å²) in [6.07, 6.45) is 3.49. The Kier molecular flexibility index (Phi) is 6.66. The van der Waals surface area contributed by atoms with Crippen molar-refractivity contribution in [3.05, 3.63) is 29.8 Å². The Morgan fingerprint density at radius 2 is 1.96 bits per heavy atom. The highest BCUT2D eigenvalue weighted by Crippen LogP contribution is 2.20. The molecule has 0 bridgehead atoms. The molecule has 24 heavy (non-hydrogen) atoms. The average Bonchev–Trinajstić information content (AvgIpc) is 2.54. The Morgan fingerprint density at radius 1 is 1.25 bits per heavy atom. The number of methoxy groups -OCH3 is 1. The fourth-order valence-corrected chi connectivity index (χ4v) is 2.94. The van der Waals surface area contributed by atoms with Crippen LogP contribution in [0.1, 0.15) is 32.1 Å². The van der Waals surface area contributed by atoms with Gasteiger partial charge in [0.15, 0.2) is 0 Å². The molecular formula is C17H22F2N2O3. The molecule has 1 heterocycles. The molecule has 0 saturated carbocycles. The molecule has 1 atom stereocenters. The molecule has 2 rings (SSSR count). The molecular weight excluding hydrogens is 318 g/mol. The Labute approximate surface area is 140 Å². The minimum absolute atomic E-state index is 0.109. The molecule has 1 aromatic rings. The highest BCUT2D eigenvalue weighted by molar-refractivity contribution is 5.94. The summed E-state index contributed by atoms with van der Waals surface area (Å²) in [5, 5.41) is 2.58. The SMILES string of the molecule is COC(=O)CCCN1CCCCC1C(=O)Nc1cc(F)cc(F)c1. The maximum absolute atomic E-state index is 13.2. The average molecular weight is 340 g/mol. The number of anilines is 1. The Balaban J connectivity index is 1.95. The zero-order valence-electron chi connectivity index (χ0n) is 13.7. The lowest BCUT2D eigenvalue weighted by Gasteiger charge is -2.34. The topological polar surface area (TPSA) is 58.6 Å². The van der Waals surface area contributed by atoms with E-state index in [2.05, 4.69) is 10.1 Å². The van der Waals surface area contributed by atoms with Crippen molar-refractivity contribution in [1.82, 2.24) is 4.90 Å². The van der Waals surface area contributed by atoms with Crippen LogP contribution in [-0.2, 0) is 14.3 Å². The number of ether oxygens (including phenoxy) is 1. The summed E-state index contributed by atoms with van der Waals surface area (Å²) in [5.74, 6) is -2.02. The molecule has 132 valence electrons. The standard InChI is InChI=1S/C17H22F2N2O3/c1-24-16(22)6-4-8-21-7-3-2-5-15(21)17(23)20-14-10-12(18)9-13(19)11-14/h9-11,15H,2-8H2,1H3,(H,20,23). The van der Waals surface area contributed by atoms with Crippen molar-refractivity contribution in [1.29, 1.82) is 0 Å². The molecule has 5 nitrogen and oxygen atoms in total. The molecule has 0 radical (unpaired) electrons. The highest BCUT2D eigenvalue weighted by Gasteiger charge is 2.28. The van der Waals surface area contributed by atoms with Gasteiger partial charge >= 0.3 is 5.97 Å². The van der Waals surface area contributed by atoms with Crippen LogP contribution in [0.25, 0.3) is 0 Å². The van der Waals surface area contributed by atoms with Gasteiger partial charge in [-0.05, 0) is 44.5 Å². The lowest BCUT2D eigenvalue weighted by molar-refractivity contribution is -0.140. The molecule has 1 aliphatic rings. The third-order valence-electron chi connectivity index (χ3n) is 4.10. The summed E-state index contributed by atoms with van der Waals surface area (Å²) in [4.78, 5) is 25.7. The van der Waals surface area contributed by atoms with Gasteiger partial charge in [0, 0.05) is 18.2 Å². The van der Waals surface area contributed by atoms with Crippen molar-refractivity contribution in [3.63, 3.8) is 0 Å². The van der Waals surface area contributed by atoms with Crippen molar-refractivity contribution in [2.75, 3.05) is 25.5 Å². The molecule has 1 amide bonds. The third-order valence-corrected chi connectivity index (χ3v) is 4.10. The van der Waals surface area contributed by atoms with Gasteiger partial charge in [-0.1, -0.05) is 6.42 Å². The molecule has 1 unspecified atom stereocenters. The smallest absolute Gasteiger partial charge is 0.305 e. The van der Waals surface area contributed by atoms with Crippen LogP contribution in [0.4, 0.5) is 14.5 Å². The molecule has 1 aromatic carbocycles. The number of carbonyl (C=O) groups is 2. The van der Waals surface area contributed by atoms with Crippen molar-refractivity contribution >= 4 is 17.6 Å². The van der Waals surface area contributed by atoms with Gasteiger partial charge in [0.1, 0.15) is 11.6 Å². The van der Waals surface area contributed by atoms with Gasteiger partial charge < -0.3 is 10.1 Å². The zero-order chi connectivity index (χ0) is 17.5. The van der Waals surface area contributed by atoms with Crippen LogP contribution in [-0.4, -0.2) is 43.0 Å². The van der Waals surface area contributed by atoms with Gasteiger partial charge in [-0.25, -0.2) is 8.78 Å². The van der Waals surface area contributed by atoms with E-state index >= 15 is 0 Å². The van der Waals surface area contributed by atoms with Gasteiger partial charge in [0.05, 0.1) is 13.2 Å². The van der Waals surface area contributed by atoms with Crippen LogP contribution in [0.3, 0.4) is 0 Å². The minimum Gasteiger partial charge on any atom is -0.469 e. The number of likely N-dealkylation sites (tertiary alicyclic amines) is 1. The van der Waals surface area contributed by atoms with Crippen molar-refractivity contribution in [3.8, 4) is 0 Å². The number of esters is 1. The van der Waals surface area contributed by atoms with Crippen molar-refractivity contribution in [2.45, 2.75) is 38.1 Å². The third kappa shape index (κ3) is 5.26. The van der Waals surface area contributed by atoms with Crippen LogP contribution in [0.5, 0.6) is 0 Å². The van der Waals surface area contributed by atoms with Crippen LogP contribution in [0.15, 0.2) is 18.2 Å². The predicted octanol–water partition coefficient (Wildman–Crippen LogP) is 2.71. The maximum atomic E-state index is 13.2. The molecule has 0 aromatic heterocycles. The Hall–Kier alpha value is -2.02. The quantitative estimate of drug-likeness (QED) is 0.809. The first-order chi connectivity index (χ1) is 11.5. The summed E-state index contributed by atoms with van der Waals surface area (Å²) in [5.41, 5.74) is 0.109. The van der Waals surface area contributed by atoms with E-state index in [9.17, 15) is 18.4 Å².